The fourth-order valence-electron chi connectivity index (χ4n) is 0.591. The standard InChI is InChI=1S/C6H3Cl2F3N2/c1-2-3(7)12-5(6(9,10)11)13-4(2)8/h1H3. The fraction of sp³-hybridized carbons (Fsp3) is 0.333. The Hall–Kier alpha value is -0.550. The highest BCUT2D eigenvalue weighted by Crippen LogP contribution is 2.29. The number of aromatic nitrogens is 2. The van der Waals surface area contributed by atoms with Gasteiger partial charge in [0.05, 0.1) is 0 Å². The number of halogens is 5. The molecule has 0 fully saturated rings. The maximum Gasteiger partial charge on any atom is 0.451 e. The number of nitrogens with zero attached hydrogens (tertiary/aromatic N) is 2. The summed E-state index contributed by atoms with van der Waals surface area (Å²) in [7, 11) is 0. The Morgan fingerprint density at radius 2 is 1.46 bits per heavy atom. The smallest absolute Gasteiger partial charge is 0.212 e. The number of rotatable bonds is 0. The lowest BCUT2D eigenvalue weighted by Crippen LogP contribution is -2.11. The molecule has 0 unspecified atom stereocenters. The van der Waals surface area contributed by atoms with Crippen LogP contribution in [0.1, 0.15) is 11.4 Å². The second kappa shape index (κ2) is 3.31. The predicted molar refractivity (Wildman–Crippen MR) is 41.8 cm³/mol. The summed E-state index contributed by atoms with van der Waals surface area (Å²) in [6.07, 6.45) is -4.62. The molecule has 0 N–H and O–H groups in total. The van der Waals surface area contributed by atoms with Gasteiger partial charge in [-0.15, -0.1) is 0 Å². The van der Waals surface area contributed by atoms with Gasteiger partial charge in [0, 0.05) is 5.56 Å². The van der Waals surface area contributed by atoms with Gasteiger partial charge in [-0.3, -0.25) is 0 Å². The molecule has 0 saturated heterocycles. The van der Waals surface area contributed by atoms with E-state index in [2.05, 4.69) is 9.97 Å². The summed E-state index contributed by atoms with van der Waals surface area (Å²) in [6, 6.07) is 0. The third-order valence-corrected chi connectivity index (χ3v) is 2.02. The lowest BCUT2D eigenvalue weighted by Gasteiger charge is -2.06. The summed E-state index contributed by atoms with van der Waals surface area (Å²) in [6.45, 7) is 1.44. The highest BCUT2D eigenvalue weighted by atomic mass is 35.5. The Morgan fingerprint density at radius 3 is 1.77 bits per heavy atom. The van der Waals surface area contributed by atoms with Gasteiger partial charge in [-0.1, -0.05) is 23.2 Å². The van der Waals surface area contributed by atoms with Gasteiger partial charge >= 0.3 is 6.18 Å². The highest BCUT2D eigenvalue weighted by molar-refractivity contribution is 6.34. The second-order valence-electron chi connectivity index (χ2n) is 2.25. The van der Waals surface area contributed by atoms with Crippen LogP contribution >= 0.6 is 23.2 Å². The molecule has 13 heavy (non-hydrogen) atoms. The molecule has 0 amide bonds. The quantitative estimate of drug-likeness (QED) is 0.641. The molecule has 0 atom stereocenters. The van der Waals surface area contributed by atoms with E-state index in [9.17, 15) is 13.2 Å². The normalized spacial score (nSPS) is 11.8. The SMILES string of the molecule is Cc1c(Cl)nc(C(F)(F)F)nc1Cl. The van der Waals surface area contributed by atoms with E-state index in [0.29, 0.717) is 0 Å². The summed E-state index contributed by atoms with van der Waals surface area (Å²) < 4.78 is 36.1. The molecular weight excluding hydrogens is 228 g/mol. The van der Waals surface area contributed by atoms with E-state index in [0.717, 1.165) is 0 Å². The van der Waals surface area contributed by atoms with Crippen molar-refractivity contribution in [3.05, 3.63) is 21.7 Å². The van der Waals surface area contributed by atoms with Crippen LogP contribution in [0.3, 0.4) is 0 Å². The van der Waals surface area contributed by atoms with Crippen LogP contribution in [0.4, 0.5) is 13.2 Å². The predicted octanol–water partition coefficient (Wildman–Crippen LogP) is 3.11. The molecular formula is C6H3Cl2F3N2. The summed E-state index contributed by atoms with van der Waals surface area (Å²) in [5.74, 6) is -1.33. The van der Waals surface area contributed by atoms with Crippen molar-refractivity contribution in [3.63, 3.8) is 0 Å². The number of hydrogen-bond acceptors (Lipinski definition) is 2. The van der Waals surface area contributed by atoms with Crippen LogP contribution in [-0.4, -0.2) is 9.97 Å². The Labute approximate surface area is 81.7 Å². The molecule has 72 valence electrons. The molecule has 0 bridgehead atoms. The van der Waals surface area contributed by atoms with Gasteiger partial charge in [-0.2, -0.15) is 13.2 Å². The van der Waals surface area contributed by atoms with E-state index in [-0.39, 0.29) is 15.9 Å². The van der Waals surface area contributed by atoms with Crippen molar-refractivity contribution < 1.29 is 13.2 Å². The van der Waals surface area contributed by atoms with Gasteiger partial charge in [0.25, 0.3) is 0 Å². The summed E-state index contributed by atoms with van der Waals surface area (Å²) >= 11 is 10.8. The molecule has 0 aliphatic carbocycles. The number of hydrogen-bond donors (Lipinski definition) is 0. The van der Waals surface area contributed by atoms with E-state index in [4.69, 9.17) is 23.2 Å². The Morgan fingerprint density at radius 1 is 1.08 bits per heavy atom. The van der Waals surface area contributed by atoms with Crippen LogP contribution in [0.2, 0.25) is 10.3 Å². The molecule has 2 nitrogen and oxygen atoms in total. The van der Waals surface area contributed by atoms with Gasteiger partial charge in [0.2, 0.25) is 5.82 Å². The molecule has 0 aliphatic rings. The number of alkyl halides is 3. The van der Waals surface area contributed by atoms with E-state index in [1.165, 1.54) is 6.92 Å². The maximum absolute atomic E-state index is 12.0. The molecule has 0 radical (unpaired) electrons. The van der Waals surface area contributed by atoms with Crippen LogP contribution in [-0.2, 0) is 6.18 Å². The minimum atomic E-state index is -4.62. The molecule has 0 saturated carbocycles. The topological polar surface area (TPSA) is 25.8 Å². The lowest BCUT2D eigenvalue weighted by atomic mass is 10.4. The van der Waals surface area contributed by atoms with Gasteiger partial charge in [-0.25, -0.2) is 9.97 Å². The van der Waals surface area contributed by atoms with Crippen LogP contribution in [0.5, 0.6) is 0 Å². The fourth-order valence-corrected chi connectivity index (χ4v) is 0.978. The first-order valence-electron chi connectivity index (χ1n) is 3.09. The monoisotopic (exact) mass is 230 g/mol. The zero-order valence-corrected chi connectivity index (χ0v) is 7.80. The second-order valence-corrected chi connectivity index (χ2v) is 2.97. The zero-order valence-electron chi connectivity index (χ0n) is 6.28. The average Bonchev–Trinajstić information content (AvgIpc) is 1.97. The minimum Gasteiger partial charge on any atom is -0.212 e. The van der Waals surface area contributed by atoms with Crippen LogP contribution in [0.25, 0.3) is 0 Å². The van der Waals surface area contributed by atoms with Crippen molar-refractivity contribution in [3.8, 4) is 0 Å². The maximum atomic E-state index is 12.0. The lowest BCUT2D eigenvalue weighted by molar-refractivity contribution is -0.145. The minimum absolute atomic E-state index is 0.233. The van der Waals surface area contributed by atoms with Crippen molar-refractivity contribution in [2.45, 2.75) is 13.1 Å². The average molecular weight is 231 g/mol. The van der Waals surface area contributed by atoms with Crippen molar-refractivity contribution in [2.75, 3.05) is 0 Å². The van der Waals surface area contributed by atoms with Gasteiger partial charge in [-0.05, 0) is 6.92 Å². The van der Waals surface area contributed by atoms with Crippen LogP contribution < -0.4 is 0 Å². The highest BCUT2D eigenvalue weighted by Gasteiger charge is 2.35. The van der Waals surface area contributed by atoms with Gasteiger partial charge < -0.3 is 0 Å². The van der Waals surface area contributed by atoms with E-state index in [1.54, 1.807) is 0 Å². The molecule has 0 aromatic carbocycles. The Kier molecular flexibility index (Phi) is 2.68. The first kappa shape index (κ1) is 10.5. The summed E-state index contributed by atoms with van der Waals surface area (Å²) in [4.78, 5) is 6.10. The first-order chi connectivity index (χ1) is 5.82. The van der Waals surface area contributed by atoms with Crippen LogP contribution in [0, 0.1) is 6.92 Å². The van der Waals surface area contributed by atoms with E-state index in [1.807, 2.05) is 0 Å². The Balaban J connectivity index is 3.29. The molecule has 1 aromatic heterocycles. The van der Waals surface area contributed by atoms with Crippen molar-refractivity contribution in [2.24, 2.45) is 0 Å². The Bertz CT molecular complexity index is 314. The van der Waals surface area contributed by atoms with Crippen molar-refractivity contribution in [1.82, 2.24) is 9.97 Å². The summed E-state index contributed by atoms with van der Waals surface area (Å²) in [5, 5.41) is -0.570. The molecule has 0 spiro atoms. The van der Waals surface area contributed by atoms with Crippen molar-refractivity contribution >= 4 is 23.2 Å². The molecule has 1 rings (SSSR count). The van der Waals surface area contributed by atoms with Crippen LogP contribution in [0.15, 0.2) is 0 Å². The third-order valence-electron chi connectivity index (χ3n) is 1.28. The van der Waals surface area contributed by atoms with E-state index >= 15 is 0 Å². The molecule has 1 heterocycles. The van der Waals surface area contributed by atoms with Gasteiger partial charge in [0.1, 0.15) is 10.3 Å². The van der Waals surface area contributed by atoms with E-state index < -0.39 is 12.0 Å². The van der Waals surface area contributed by atoms with Gasteiger partial charge in [0.15, 0.2) is 0 Å². The third kappa shape index (κ3) is 2.22. The van der Waals surface area contributed by atoms with Crippen molar-refractivity contribution in [1.29, 1.82) is 0 Å². The molecule has 1 aromatic rings. The molecule has 0 aliphatic heterocycles. The summed E-state index contributed by atoms with van der Waals surface area (Å²) in [5.41, 5.74) is 0.233. The zero-order chi connectivity index (χ0) is 10.2. The largest absolute Gasteiger partial charge is 0.451 e. The first-order valence-corrected chi connectivity index (χ1v) is 3.85. The molecule has 7 heteroatoms.